The predicted molar refractivity (Wildman–Crippen MR) is 87.8 cm³/mol. The van der Waals surface area contributed by atoms with Crippen molar-refractivity contribution in [3.63, 3.8) is 0 Å². The van der Waals surface area contributed by atoms with Gasteiger partial charge in [-0.2, -0.15) is 4.31 Å². The topological polar surface area (TPSA) is 66.4 Å². The first-order valence-corrected chi connectivity index (χ1v) is 10.1. The number of anilines is 1. The van der Waals surface area contributed by atoms with Gasteiger partial charge in [0.1, 0.15) is 12.1 Å². The maximum Gasteiger partial charge on any atom is 0.214 e. The van der Waals surface area contributed by atoms with Gasteiger partial charge in [0.05, 0.1) is 16.0 Å². The van der Waals surface area contributed by atoms with Crippen LogP contribution in [-0.2, 0) is 10.0 Å². The van der Waals surface area contributed by atoms with Gasteiger partial charge < -0.3 is 4.90 Å². The summed E-state index contributed by atoms with van der Waals surface area (Å²) < 4.78 is 26.9. The summed E-state index contributed by atoms with van der Waals surface area (Å²) in [7, 11) is -3.00. The van der Waals surface area contributed by atoms with Crippen LogP contribution in [0.3, 0.4) is 0 Å². The molecule has 22 heavy (non-hydrogen) atoms. The van der Waals surface area contributed by atoms with Gasteiger partial charge in [0, 0.05) is 25.7 Å². The molecular formula is C14H18N4O2S2. The standard InChI is InChI=1S/C14H18N4O2S2/c19-22(20)9-1-5-18(22)11-2-6-17(7-3-11)14-13-12(4-8-21-13)15-10-16-14/h4,8,10-11H,1-3,5-7,9H2. The zero-order valence-electron chi connectivity index (χ0n) is 12.2. The molecule has 2 aromatic heterocycles. The maximum absolute atomic E-state index is 12.0. The number of sulfonamides is 1. The van der Waals surface area contributed by atoms with Gasteiger partial charge in [-0.05, 0) is 30.7 Å². The number of aromatic nitrogens is 2. The molecule has 0 unspecified atom stereocenters. The lowest BCUT2D eigenvalue weighted by atomic mass is 10.0. The predicted octanol–water partition coefficient (Wildman–Crippen LogP) is 1.70. The fourth-order valence-electron chi connectivity index (χ4n) is 3.44. The third-order valence-electron chi connectivity index (χ3n) is 4.53. The molecule has 0 N–H and O–H groups in total. The average Bonchev–Trinajstić information content (AvgIpc) is 3.13. The zero-order chi connectivity index (χ0) is 15.2. The Morgan fingerprint density at radius 3 is 2.73 bits per heavy atom. The Kier molecular flexibility index (Phi) is 3.54. The van der Waals surface area contributed by atoms with Crippen LogP contribution in [0.15, 0.2) is 17.8 Å². The molecule has 0 spiro atoms. The highest BCUT2D eigenvalue weighted by atomic mass is 32.2. The Morgan fingerprint density at radius 2 is 2.00 bits per heavy atom. The molecule has 4 heterocycles. The Hall–Kier alpha value is -1.25. The van der Waals surface area contributed by atoms with Crippen LogP contribution < -0.4 is 4.90 Å². The summed E-state index contributed by atoms with van der Waals surface area (Å²) in [6, 6.07) is 2.17. The summed E-state index contributed by atoms with van der Waals surface area (Å²) in [5.41, 5.74) is 0.985. The van der Waals surface area contributed by atoms with E-state index in [4.69, 9.17) is 0 Å². The van der Waals surface area contributed by atoms with E-state index in [1.807, 2.05) is 11.4 Å². The smallest absolute Gasteiger partial charge is 0.214 e. The van der Waals surface area contributed by atoms with E-state index in [0.29, 0.717) is 12.3 Å². The number of hydrogen-bond donors (Lipinski definition) is 0. The zero-order valence-corrected chi connectivity index (χ0v) is 13.8. The van der Waals surface area contributed by atoms with Crippen molar-refractivity contribution >= 4 is 37.4 Å². The number of fused-ring (bicyclic) bond motifs is 1. The fourth-order valence-corrected chi connectivity index (χ4v) is 6.10. The largest absolute Gasteiger partial charge is 0.355 e. The van der Waals surface area contributed by atoms with Crippen molar-refractivity contribution in [2.24, 2.45) is 0 Å². The van der Waals surface area contributed by atoms with E-state index in [9.17, 15) is 8.42 Å². The Balaban J connectivity index is 1.51. The van der Waals surface area contributed by atoms with Gasteiger partial charge in [-0.15, -0.1) is 11.3 Å². The molecule has 0 radical (unpaired) electrons. The van der Waals surface area contributed by atoms with Crippen LogP contribution in [0.2, 0.25) is 0 Å². The van der Waals surface area contributed by atoms with Gasteiger partial charge in [-0.1, -0.05) is 0 Å². The highest BCUT2D eigenvalue weighted by Gasteiger charge is 2.36. The SMILES string of the molecule is O=S1(=O)CCCN1C1CCN(c2ncnc3ccsc23)CC1. The Labute approximate surface area is 133 Å². The molecule has 0 amide bonds. The van der Waals surface area contributed by atoms with Crippen molar-refractivity contribution in [3.05, 3.63) is 17.8 Å². The molecule has 2 aliphatic heterocycles. The van der Waals surface area contributed by atoms with E-state index in [1.165, 1.54) is 0 Å². The summed E-state index contributed by atoms with van der Waals surface area (Å²) in [5.74, 6) is 1.30. The van der Waals surface area contributed by atoms with Crippen molar-refractivity contribution in [2.45, 2.75) is 25.3 Å². The van der Waals surface area contributed by atoms with Crippen molar-refractivity contribution in [3.8, 4) is 0 Å². The normalized spacial score (nSPS) is 23.4. The molecule has 0 aromatic carbocycles. The van der Waals surface area contributed by atoms with Crippen LogP contribution in [0, 0.1) is 0 Å². The summed E-state index contributed by atoms with van der Waals surface area (Å²) in [4.78, 5) is 11.0. The van der Waals surface area contributed by atoms with E-state index in [2.05, 4.69) is 14.9 Å². The van der Waals surface area contributed by atoms with E-state index in [0.717, 1.165) is 48.4 Å². The number of nitrogens with zero attached hydrogens (tertiary/aromatic N) is 4. The second-order valence-electron chi connectivity index (χ2n) is 5.83. The van der Waals surface area contributed by atoms with Gasteiger partial charge >= 0.3 is 0 Å². The number of rotatable bonds is 2. The third-order valence-corrected chi connectivity index (χ3v) is 7.43. The van der Waals surface area contributed by atoms with Gasteiger partial charge in [0.15, 0.2) is 0 Å². The molecular weight excluding hydrogens is 320 g/mol. The number of piperidine rings is 1. The first-order valence-electron chi connectivity index (χ1n) is 7.58. The minimum Gasteiger partial charge on any atom is -0.355 e. The van der Waals surface area contributed by atoms with Crippen molar-refractivity contribution < 1.29 is 8.42 Å². The van der Waals surface area contributed by atoms with Crippen molar-refractivity contribution in [1.29, 1.82) is 0 Å². The quantitative estimate of drug-likeness (QED) is 0.834. The van der Waals surface area contributed by atoms with E-state index >= 15 is 0 Å². The van der Waals surface area contributed by atoms with Crippen LogP contribution in [0.5, 0.6) is 0 Å². The molecule has 0 saturated carbocycles. The molecule has 2 aromatic rings. The van der Waals surface area contributed by atoms with Crippen LogP contribution in [0.1, 0.15) is 19.3 Å². The monoisotopic (exact) mass is 338 g/mol. The van der Waals surface area contributed by atoms with Crippen molar-refractivity contribution in [2.75, 3.05) is 30.3 Å². The lowest BCUT2D eigenvalue weighted by Gasteiger charge is -2.36. The molecule has 8 heteroatoms. The molecule has 0 bridgehead atoms. The van der Waals surface area contributed by atoms with E-state index in [1.54, 1.807) is 22.0 Å². The lowest BCUT2D eigenvalue weighted by Crippen LogP contribution is -2.45. The minimum absolute atomic E-state index is 0.157. The molecule has 2 fully saturated rings. The summed E-state index contributed by atoms with van der Waals surface area (Å²) in [5, 5.41) is 2.03. The van der Waals surface area contributed by atoms with Gasteiger partial charge in [0.25, 0.3) is 0 Å². The van der Waals surface area contributed by atoms with Crippen LogP contribution in [0.25, 0.3) is 10.2 Å². The van der Waals surface area contributed by atoms with Crippen LogP contribution >= 0.6 is 11.3 Å². The van der Waals surface area contributed by atoms with E-state index < -0.39 is 10.0 Å². The summed E-state index contributed by atoms with van der Waals surface area (Å²) in [6.45, 7) is 2.39. The summed E-state index contributed by atoms with van der Waals surface area (Å²) in [6.07, 6.45) is 4.12. The molecule has 2 saturated heterocycles. The van der Waals surface area contributed by atoms with E-state index in [-0.39, 0.29) is 6.04 Å². The van der Waals surface area contributed by atoms with Gasteiger partial charge in [-0.25, -0.2) is 18.4 Å². The molecule has 2 aliphatic rings. The molecule has 0 aliphatic carbocycles. The molecule has 6 nitrogen and oxygen atoms in total. The Morgan fingerprint density at radius 1 is 1.18 bits per heavy atom. The summed E-state index contributed by atoms with van der Waals surface area (Å²) >= 11 is 1.66. The number of hydrogen-bond acceptors (Lipinski definition) is 6. The second-order valence-corrected chi connectivity index (χ2v) is 8.79. The highest BCUT2D eigenvalue weighted by Crippen LogP contribution is 2.31. The molecule has 4 rings (SSSR count). The maximum atomic E-state index is 12.0. The minimum atomic E-state index is -3.00. The lowest BCUT2D eigenvalue weighted by molar-refractivity contribution is 0.290. The highest BCUT2D eigenvalue weighted by molar-refractivity contribution is 7.89. The third kappa shape index (κ3) is 2.39. The second kappa shape index (κ2) is 5.43. The van der Waals surface area contributed by atoms with Crippen LogP contribution in [0.4, 0.5) is 5.82 Å². The molecule has 0 atom stereocenters. The van der Waals surface area contributed by atoms with Gasteiger partial charge in [-0.3, -0.25) is 0 Å². The first kappa shape index (κ1) is 14.3. The molecule has 118 valence electrons. The average molecular weight is 338 g/mol. The van der Waals surface area contributed by atoms with Gasteiger partial charge in [0.2, 0.25) is 10.0 Å². The van der Waals surface area contributed by atoms with Crippen molar-refractivity contribution in [1.82, 2.24) is 14.3 Å². The Bertz CT molecular complexity index is 781. The number of thiophene rings is 1. The first-order chi connectivity index (χ1) is 10.6. The van der Waals surface area contributed by atoms with Crippen LogP contribution in [-0.4, -0.2) is 54.1 Å². The fraction of sp³-hybridized carbons (Fsp3) is 0.571.